The Kier molecular flexibility index (Phi) is 15.0. The van der Waals surface area contributed by atoms with E-state index in [1.54, 1.807) is 5.92 Å². The molecule has 0 N–H and O–H groups in total. The maximum absolute atomic E-state index is 6.20. The fraction of sp³-hybridized carbons (Fsp3) is 0.955. The van der Waals surface area contributed by atoms with Gasteiger partial charge >= 0.3 is 17.5 Å². The first kappa shape index (κ1) is 28.2. The Morgan fingerprint density at radius 1 is 0.800 bits per heavy atom. The molecule has 1 rings (SSSR count). The summed E-state index contributed by atoms with van der Waals surface area (Å²) < 4.78 is 32.9. The first-order valence-corrected chi connectivity index (χ1v) is 16.2. The zero-order chi connectivity index (χ0) is 22.3. The Morgan fingerprint density at radius 3 is 1.87 bits per heavy atom. The van der Waals surface area contributed by atoms with E-state index >= 15 is 0 Å². The molecule has 0 aromatic carbocycles. The predicted molar refractivity (Wildman–Crippen MR) is 127 cm³/mol. The van der Waals surface area contributed by atoms with Crippen LogP contribution in [0.25, 0.3) is 0 Å². The van der Waals surface area contributed by atoms with E-state index in [1.165, 1.54) is 19.3 Å². The van der Waals surface area contributed by atoms with Crippen LogP contribution in [-0.2, 0) is 22.1 Å². The summed E-state index contributed by atoms with van der Waals surface area (Å²) in [7, 11) is -4.66. The van der Waals surface area contributed by atoms with Crippen molar-refractivity contribution in [3.05, 3.63) is 5.92 Å². The van der Waals surface area contributed by atoms with Gasteiger partial charge in [0.1, 0.15) is 0 Å². The molecule has 30 heavy (non-hydrogen) atoms. The molecule has 179 valence electrons. The van der Waals surface area contributed by atoms with Crippen LogP contribution < -0.4 is 0 Å². The van der Waals surface area contributed by atoms with E-state index in [4.69, 9.17) is 22.1 Å². The highest BCUT2D eigenvalue weighted by Gasteiger charge is 2.48. The summed E-state index contributed by atoms with van der Waals surface area (Å²) in [5.41, 5.74) is 0. The van der Waals surface area contributed by atoms with Gasteiger partial charge < -0.3 is 22.1 Å². The van der Waals surface area contributed by atoms with Crippen molar-refractivity contribution in [3.8, 4) is 0 Å². The SMILES string of the molecule is CCO[Si](CCC[C](CC)CCCN1CCC[Si]1(OCC)OCC)(OCC)OCC. The molecular weight excluding hydrogens is 414 g/mol. The fourth-order valence-corrected chi connectivity index (χ4v) is 10.6. The second kappa shape index (κ2) is 15.9. The third kappa shape index (κ3) is 8.98. The van der Waals surface area contributed by atoms with Gasteiger partial charge in [-0.05, 0) is 92.2 Å². The van der Waals surface area contributed by atoms with Crippen molar-refractivity contribution in [3.63, 3.8) is 0 Å². The lowest BCUT2D eigenvalue weighted by molar-refractivity contribution is 0.0707. The number of hydrogen-bond acceptors (Lipinski definition) is 6. The van der Waals surface area contributed by atoms with E-state index in [9.17, 15) is 0 Å². The van der Waals surface area contributed by atoms with Crippen molar-refractivity contribution in [2.75, 3.05) is 46.1 Å². The topological polar surface area (TPSA) is 49.4 Å². The lowest BCUT2D eigenvalue weighted by Crippen LogP contribution is -2.54. The number of rotatable bonds is 19. The minimum absolute atomic E-state index is 0.651. The molecule has 0 saturated carbocycles. The van der Waals surface area contributed by atoms with E-state index in [-0.39, 0.29) is 0 Å². The quantitative estimate of drug-likeness (QED) is 0.243. The summed E-state index contributed by atoms with van der Waals surface area (Å²) >= 11 is 0. The van der Waals surface area contributed by atoms with E-state index in [0.717, 1.165) is 57.7 Å². The Labute approximate surface area is 188 Å². The van der Waals surface area contributed by atoms with E-state index in [1.807, 2.05) is 20.8 Å². The molecule has 1 fully saturated rings. The summed E-state index contributed by atoms with van der Waals surface area (Å²) in [5, 5.41) is 0. The Hall–Kier alpha value is 0.194. The molecule has 0 atom stereocenters. The van der Waals surface area contributed by atoms with Gasteiger partial charge in [-0.3, -0.25) is 4.57 Å². The van der Waals surface area contributed by atoms with Gasteiger partial charge in [0.25, 0.3) is 0 Å². The molecule has 0 unspecified atom stereocenters. The Bertz CT molecular complexity index is 407. The van der Waals surface area contributed by atoms with Crippen molar-refractivity contribution in [2.45, 2.75) is 92.2 Å². The monoisotopic (exact) mass is 462 g/mol. The molecule has 6 nitrogen and oxygen atoms in total. The van der Waals surface area contributed by atoms with Crippen LogP contribution in [0.15, 0.2) is 0 Å². The standard InChI is InChI=1S/C22H48NO5Si2/c1-7-22(17-14-21-30(26-10-4,27-11-5)28-12-6)16-13-18-23-19-15-20-29(23,24-8-2)25-9-3/h7-21H2,1-6H3. The van der Waals surface area contributed by atoms with E-state index in [2.05, 4.69) is 25.3 Å². The van der Waals surface area contributed by atoms with Crippen molar-refractivity contribution in [1.82, 2.24) is 4.57 Å². The second-order valence-corrected chi connectivity index (χ2v) is 13.6. The van der Waals surface area contributed by atoms with Crippen LogP contribution in [0.1, 0.15) is 80.1 Å². The van der Waals surface area contributed by atoms with Gasteiger partial charge in [-0.25, -0.2) is 0 Å². The molecule has 0 bridgehead atoms. The molecule has 0 aromatic rings. The summed E-state index contributed by atoms with van der Waals surface area (Å²) in [4.78, 5) is 0. The largest absolute Gasteiger partial charge is 0.500 e. The van der Waals surface area contributed by atoms with Gasteiger partial charge in [0.05, 0.1) is 0 Å². The highest BCUT2D eigenvalue weighted by molar-refractivity contribution is 6.65. The summed E-state index contributed by atoms with van der Waals surface area (Å²) in [6.07, 6.45) is 6.93. The molecule has 1 heterocycles. The zero-order valence-electron chi connectivity index (χ0n) is 20.6. The van der Waals surface area contributed by atoms with Crippen LogP contribution in [0.4, 0.5) is 0 Å². The van der Waals surface area contributed by atoms with Crippen molar-refractivity contribution in [1.29, 1.82) is 0 Å². The number of hydrogen-bond donors (Lipinski definition) is 0. The van der Waals surface area contributed by atoms with E-state index in [0.29, 0.717) is 19.8 Å². The molecule has 0 spiro atoms. The molecule has 0 aromatic heterocycles. The predicted octanol–water partition coefficient (Wildman–Crippen LogP) is 5.30. The van der Waals surface area contributed by atoms with Gasteiger partial charge in [0.2, 0.25) is 0 Å². The Balaban J connectivity index is 2.48. The van der Waals surface area contributed by atoms with Gasteiger partial charge in [0, 0.05) is 45.1 Å². The minimum Gasteiger partial charge on any atom is -0.383 e. The normalized spacial score (nSPS) is 17.3. The van der Waals surface area contributed by atoms with Crippen molar-refractivity contribution in [2.24, 2.45) is 0 Å². The van der Waals surface area contributed by atoms with Crippen LogP contribution in [-0.4, -0.2) is 68.2 Å². The molecule has 8 heteroatoms. The van der Waals surface area contributed by atoms with Crippen LogP contribution in [0.3, 0.4) is 0 Å². The highest BCUT2D eigenvalue weighted by Crippen LogP contribution is 2.30. The molecule has 0 aliphatic carbocycles. The molecular formula is C22H48NO5Si2. The number of nitrogens with zero attached hydrogens (tertiary/aromatic N) is 1. The molecule has 1 radical (unpaired) electrons. The summed E-state index contributed by atoms with van der Waals surface area (Å²) in [6.45, 7) is 18.2. The summed E-state index contributed by atoms with van der Waals surface area (Å²) in [6, 6.07) is 2.01. The zero-order valence-corrected chi connectivity index (χ0v) is 22.6. The first-order valence-electron chi connectivity index (χ1n) is 12.3. The molecule has 0 amide bonds. The minimum atomic E-state index is -2.51. The summed E-state index contributed by atoms with van der Waals surface area (Å²) in [5.74, 6) is 1.64. The molecule has 1 aliphatic rings. The van der Waals surface area contributed by atoms with Crippen molar-refractivity contribution < 1.29 is 22.1 Å². The van der Waals surface area contributed by atoms with Gasteiger partial charge in [-0.1, -0.05) is 6.92 Å². The second-order valence-electron chi connectivity index (χ2n) is 7.71. The maximum atomic E-state index is 6.20. The van der Waals surface area contributed by atoms with Crippen LogP contribution in [0, 0.1) is 5.92 Å². The molecule has 1 saturated heterocycles. The highest BCUT2D eigenvalue weighted by atomic mass is 28.4. The van der Waals surface area contributed by atoms with Crippen LogP contribution >= 0.6 is 0 Å². The maximum Gasteiger partial charge on any atom is 0.500 e. The van der Waals surface area contributed by atoms with Gasteiger partial charge in [-0.15, -0.1) is 0 Å². The van der Waals surface area contributed by atoms with Crippen LogP contribution in [0.2, 0.25) is 12.1 Å². The average molecular weight is 463 g/mol. The Morgan fingerprint density at radius 2 is 1.37 bits per heavy atom. The lowest BCUT2D eigenvalue weighted by atomic mass is 9.95. The first-order chi connectivity index (χ1) is 14.5. The van der Waals surface area contributed by atoms with Gasteiger partial charge in [-0.2, -0.15) is 0 Å². The third-order valence-corrected chi connectivity index (χ3v) is 12.7. The van der Waals surface area contributed by atoms with Crippen LogP contribution in [0.5, 0.6) is 0 Å². The average Bonchev–Trinajstić information content (AvgIpc) is 3.10. The smallest absolute Gasteiger partial charge is 0.383 e. The molecule has 1 aliphatic heterocycles. The fourth-order valence-electron chi connectivity index (χ4n) is 4.48. The van der Waals surface area contributed by atoms with E-state index < -0.39 is 17.5 Å². The lowest BCUT2D eigenvalue weighted by Gasteiger charge is -2.34. The third-order valence-electron chi connectivity index (χ3n) is 5.71. The van der Waals surface area contributed by atoms with Crippen molar-refractivity contribution >= 4 is 17.5 Å². The van der Waals surface area contributed by atoms with Gasteiger partial charge in [0.15, 0.2) is 0 Å².